The smallest absolute Gasteiger partial charge is 0.151 e. The second-order valence-corrected chi connectivity index (χ2v) is 6.59. The van der Waals surface area contributed by atoms with Gasteiger partial charge in [0, 0.05) is 12.6 Å². The van der Waals surface area contributed by atoms with Crippen LogP contribution in [0.25, 0.3) is 0 Å². The summed E-state index contributed by atoms with van der Waals surface area (Å²) in [5.74, 6) is 0.468. The van der Waals surface area contributed by atoms with E-state index in [-0.39, 0.29) is 17.5 Å². The van der Waals surface area contributed by atoms with Gasteiger partial charge >= 0.3 is 0 Å². The summed E-state index contributed by atoms with van der Waals surface area (Å²) in [7, 11) is -2.84. The first-order valence-electron chi connectivity index (χ1n) is 4.98. The van der Waals surface area contributed by atoms with Gasteiger partial charge in [-0.15, -0.1) is 0 Å². The zero-order valence-electron chi connectivity index (χ0n) is 8.40. The number of nitriles is 1. The summed E-state index contributed by atoms with van der Waals surface area (Å²) >= 11 is 0. The van der Waals surface area contributed by atoms with Gasteiger partial charge in [0.2, 0.25) is 0 Å². The molecule has 6 heteroatoms. The molecule has 0 radical (unpaired) electrons. The van der Waals surface area contributed by atoms with Gasteiger partial charge in [-0.1, -0.05) is 0 Å². The molecule has 0 aromatic heterocycles. The number of rotatable bonds is 3. The number of ether oxygens (including phenoxy) is 1. The van der Waals surface area contributed by atoms with E-state index in [2.05, 4.69) is 11.4 Å². The molecule has 0 aliphatic carbocycles. The van der Waals surface area contributed by atoms with Crippen molar-refractivity contribution in [3.8, 4) is 6.07 Å². The van der Waals surface area contributed by atoms with E-state index >= 15 is 0 Å². The zero-order valence-corrected chi connectivity index (χ0v) is 9.22. The van der Waals surface area contributed by atoms with Crippen LogP contribution in [0.3, 0.4) is 0 Å². The molecule has 1 unspecified atom stereocenters. The van der Waals surface area contributed by atoms with E-state index < -0.39 is 15.3 Å². The first-order chi connectivity index (χ1) is 7.05. The maximum absolute atomic E-state index is 11.2. The van der Waals surface area contributed by atoms with Gasteiger partial charge in [0.1, 0.15) is 5.41 Å². The minimum atomic E-state index is -2.84. The zero-order chi connectivity index (χ0) is 10.9. The van der Waals surface area contributed by atoms with Crippen molar-refractivity contribution in [2.75, 3.05) is 31.3 Å². The van der Waals surface area contributed by atoms with E-state index in [1.165, 1.54) is 0 Å². The summed E-state index contributed by atoms with van der Waals surface area (Å²) in [6.07, 6.45) is 0.657. The molecule has 2 aliphatic rings. The molecule has 1 atom stereocenters. The minimum Gasteiger partial charge on any atom is -0.378 e. The third-order valence-electron chi connectivity index (χ3n) is 2.96. The lowest BCUT2D eigenvalue weighted by atomic mass is 9.87. The third-order valence-corrected chi connectivity index (χ3v) is 4.72. The molecule has 0 aromatic carbocycles. The van der Waals surface area contributed by atoms with Crippen molar-refractivity contribution in [3.05, 3.63) is 0 Å². The van der Waals surface area contributed by atoms with Gasteiger partial charge in [0.05, 0.1) is 30.8 Å². The maximum atomic E-state index is 11.2. The predicted molar refractivity (Wildman–Crippen MR) is 53.9 cm³/mol. The lowest BCUT2D eigenvalue weighted by molar-refractivity contribution is -0.0761. The molecule has 2 aliphatic heterocycles. The van der Waals surface area contributed by atoms with Crippen LogP contribution in [0.5, 0.6) is 0 Å². The quantitative estimate of drug-likeness (QED) is 0.693. The molecule has 0 spiro atoms. The Morgan fingerprint density at radius 2 is 2.27 bits per heavy atom. The topological polar surface area (TPSA) is 79.2 Å². The largest absolute Gasteiger partial charge is 0.378 e. The fourth-order valence-electron chi connectivity index (χ4n) is 1.85. The van der Waals surface area contributed by atoms with Crippen LogP contribution in [-0.4, -0.2) is 45.7 Å². The van der Waals surface area contributed by atoms with Crippen LogP contribution >= 0.6 is 0 Å². The SMILES string of the molecule is N#CC1(CNC2CCS(=O)(=O)C2)COC1. The van der Waals surface area contributed by atoms with E-state index in [0.717, 1.165) is 0 Å². The van der Waals surface area contributed by atoms with Crippen LogP contribution in [-0.2, 0) is 14.6 Å². The average Bonchev–Trinajstić information content (AvgIpc) is 2.45. The number of nitrogens with zero attached hydrogens (tertiary/aromatic N) is 1. The molecule has 0 bridgehead atoms. The van der Waals surface area contributed by atoms with Crippen LogP contribution < -0.4 is 5.32 Å². The van der Waals surface area contributed by atoms with Gasteiger partial charge in [0.15, 0.2) is 9.84 Å². The predicted octanol–water partition coefficient (Wildman–Crippen LogP) is -0.697. The first-order valence-corrected chi connectivity index (χ1v) is 6.80. The second-order valence-electron chi connectivity index (χ2n) is 4.37. The standard InChI is InChI=1S/C9H14N2O3S/c10-4-9(6-14-7-9)5-11-8-1-2-15(12,13)3-8/h8,11H,1-3,5-7H2. The van der Waals surface area contributed by atoms with Gasteiger partial charge in [-0.05, 0) is 6.42 Å². The van der Waals surface area contributed by atoms with Crippen LogP contribution in [0.4, 0.5) is 0 Å². The Morgan fingerprint density at radius 1 is 1.53 bits per heavy atom. The Kier molecular flexibility index (Phi) is 2.71. The van der Waals surface area contributed by atoms with E-state index in [1.807, 2.05) is 0 Å². The van der Waals surface area contributed by atoms with Crippen LogP contribution in [0.1, 0.15) is 6.42 Å². The molecular formula is C9H14N2O3S. The highest BCUT2D eigenvalue weighted by molar-refractivity contribution is 7.91. The summed E-state index contributed by atoms with van der Waals surface area (Å²) in [6, 6.07) is 2.24. The van der Waals surface area contributed by atoms with Gasteiger partial charge in [0.25, 0.3) is 0 Å². The van der Waals surface area contributed by atoms with Crippen LogP contribution in [0.2, 0.25) is 0 Å². The van der Waals surface area contributed by atoms with Gasteiger partial charge < -0.3 is 10.1 Å². The molecule has 2 fully saturated rings. The summed E-state index contributed by atoms with van der Waals surface area (Å²) in [5, 5.41) is 12.1. The molecule has 0 aromatic rings. The highest BCUT2D eigenvalue weighted by atomic mass is 32.2. The molecule has 5 nitrogen and oxygen atoms in total. The van der Waals surface area contributed by atoms with Crippen molar-refractivity contribution in [2.24, 2.45) is 5.41 Å². The van der Waals surface area contributed by atoms with Gasteiger partial charge in [-0.25, -0.2) is 8.42 Å². The van der Waals surface area contributed by atoms with Crippen LogP contribution in [0.15, 0.2) is 0 Å². The summed E-state index contributed by atoms with van der Waals surface area (Å²) < 4.78 is 27.4. The monoisotopic (exact) mass is 230 g/mol. The molecule has 15 heavy (non-hydrogen) atoms. The van der Waals surface area contributed by atoms with E-state index in [9.17, 15) is 8.42 Å². The number of sulfone groups is 1. The molecule has 1 N–H and O–H groups in total. The fraction of sp³-hybridized carbons (Fsp3) is 0.889. The lowest BCUT2D eigenvalue weighted by Crippen LogP contribution is -2.50. The number of nitrogens with one attached hydrogen (secondary N) is 1. The van der Waals surface area contributed by atoms with Crippen molar-refractivity contribution >= 4 is 9.84 Å². The lowest BCUT2D eigenvalue weighted by Gasteiger charge is -2.35. The average molecular weight is 230 g/mol. The van der Waals surface area contributed by atoms with Gasteiger partial charge in [-0.2, -0.15) is 5.26 Å². The molecule has 84 valence electrons. The normalized spacial score (nSPS) is 31.8. The Hall–Kier alpha value is -0.640. The first kappa shape index (κ1) is 10.9. The Balaban J connectivity index is 1.82. The number of hydrogen-bond acceptors (Lipinski definition) is 5. The van der Waals surface area contributed by atoms with Crippen molar-refractivity contribution in [3.63, 3.8) is 0 Å². The Bertz CT molecular complexity index is 381. The minimum absolute atomic E-state index is 0.0147. The Labute approximate surface area is 89.3 Å². The Morgan fingerprint density at radius 3 is 2.67 bits per heavy atom. The molecule has 2 saturated heterocycles. The van der Waals surface area contributed by atoms with Crippen molar-refractivity contribution in [1.29, 1.82) is 5.26 Å². The summed E-state index contributed by atoms with van der Waals surface area (Å²) in [4.78, 5) is 0. The van der Waals surface area contributed by atoms with Crippen molar-refractivity contribution < 1.29 is 13.2 Å². The summed E-state index contributed by atoms with van der Waals surface area (Å²) in [5.41, 5.74) is -0.424. The third kappa shape index (κ3) is 2.30. The molecule has 0 saturated carbocycles. The maximum Gasteiger partial charge on any atom is 0.151 e. The molecular weight excluding hydrogens is 216 g/mol. The molecule has 0 amide bonds. The van der Waals surface area contributed by atoms with Crippen LogP contribution in [0, 0.1) is 16.7 Å². The van der Waals surface area contributed by atoms with Crippen molar-refractivity contribution in [1.82, 2.24) is 5.32 Å². The van der Waals surface area contributed by atoms with E-state index in [1.54, 1.807) is 0 Å². The van der Waals surface area contributed by atoms with E-state index in [4.69, 9.17) is 10.00 Å². The summed E-state index contributed by atoms with van der Waals surface area (Å²) in [6.45, 7) is 1.44. The highest BCUT2D eigenvalue weighted by Gasteiger charge is 2.40. The highest BCUT2D eigenvalue weighted by Crippen LogP contribution is 2.26. The molecule has 2 rings (SSSR count). The number of hydrogen-bond donors (Lipinski definition) is 1. The van der Waals surface area contributed by atoms with Gasteiger partial charge in [-0.3, -0.25) is 0 Å². The second kappa shape index (κ2) is 3.74. The van der Waals surface area contributed by atoms with Crippen molar-refractivity contribution in [2.45, 2.75) is 12.5 Å². The fourth-order valence-corrected chi connectivity index (χ4v) is 3.56. The van der Waals surface area contributed by atoms with E-state index in [0.29, 0.717) is 26.2 Å². The molecule has 2 heterocycles.